The standard InChI is InChI=1S/C14H22N2O2S/c1-14(2)8-7-11-5-3-4-6-12(11)13(14)16-9-10-19(15,17)18/h3-6,13,16H,7-10H2,1-2H3,(H2,15,17,18). The van der Waals surface area contributed by atoms with Crippen LogP contribution in [0, 0.1) is 5.41 Å². The van der Waals surface area contributed by atoms with Crippen molar-refractivity contribution in [2.45, 2.75) is 32.7 Å². The normalized spacial score (nSPS) is 21.9. The Labute approximate surface area is 115 Å². The van der Waals surface area contributed by atoms with E-state index in [2.05, 4.69) is 37.4 Å². The fourth-order valence-corrected chi connectivity index (χ4v) is 3.20. The summed E-state index contributed by atoms with van der Waals surface area (Å²) in [6.45, 7) is 4.83. The van der Waals surface area contributed by atoms with Gasteiger partial charge in [-0.1, -0.05) is 38.1 Å². The molecule has 2 rings (SSSR count). The first-order chi connectivity index (χ1) is 8.80. The molecule has 19 heavy (non-hydrogen) atoms. The summed E-state index contributed by atoms with van der Waals surface area (Å²) < 4.78 is 22.0. The van der Waals surface area contributed by atoms with Gasteiger partial charge in [0.25, 0.3) is 0 Å². The number of nitrogens with one attached hydrogen (secondary N) is 1. The third kappa shape index (κ3) is 3.55. The highest BCUT2D eigenvalue weighted by atomic mass is 32.2. The zero-order valence-corrected chi connectivity index (χ0v) is 12.3. The van der Waals surface area contributed by atoms with Gasteiger partial charge in [0.1, 0.15) is 0 Å². The lowest BCUT2D eigenvalue weighted by Gasteiger charge is -2.40. The number of benzene rings is 1. The third-order valence-electron chi connectivity index (χ3n) is 3.92. The van der Waals surface area contributed by atoms with Crippen molar-refractivity contribution >= 4 is 10.0 Å². The maximum absolute atomic E-state index is 11.0. The van der Waals surface area contributed by atoms with Gasteiger partial charge in [-0.2, -0.15) is 0 Å². The Morgan fingerprint density at radius 2 is 2.05 bits per heavy atom. The smallest absolute Gasteiger partial charge is 0.210 e. The van der Waals surface area contributed by atoms with Crippen molar-refractivity contribution in [3.05, 3.63) is 35.4 Å². The molecule has 0 spiro atoms. The van der Waals surface area contributed by atoms with E-state index in [1.54, 1.807) is 0 Å². The highest BCUT2D eigenvalue weighted by Crippen LogP contribution is 2.43. The lowest BCUT2D eigenvalue weighted by molar-refractivity contribution is 0.212. The summed E-state index contributed by atoms with van der Waals surface area (Å²) in [6, 6.07) is 8.55. The summed E-state index contributed by atoms with van der Waals surface area (Å²) in [7, 11) is -3.40. The molecule has 0 saturated carbocycles. The molecule has 1 unspecified atom stereocenters. The van der Waals surface area contributed by atoms with Crippen LogP contribution in [0.25, 0.3) is 0 Å². The van der Waals surface area contributed by atoms with E-state index < -0.39 is 10.0 Å². The number of primary sulfonamides is 1. The Balaban J connectivity index is 2.16. The van der Waals surface area contributed by atoms with Crippen LogP contribution < -0.4 is 10.5 Å². The molecule has 0 saturated heterocycles. The zero-order valence-electron chi connectivity index (χ0n) is 11.5. The van der Waals surface area contributed by atoms with Crippen LogP contribution in [-0.4, -0.2) is 20.7 Å². The summed E-state index contributed by atoms with van der Waals surface area (Å²) in [6.07, 6.45) is 2.17. The lowest BCUT2D eigenvalue weighted by atomic mass is 9.70. The van der Waals surface area contributed by atoms with Crippen molar-refractivity contribution in [1.29, 1.82) is 0 Å². The SMILES string of the molecule is CC1(C)CCc2ccccc2C1NCCS(N)(=O)=O. The van der Waals surface area contributed by atoms with Gasteiger partial charge in [0.2, 0.25) is 10.0 Å². The molecule has 0 amide bonds. The van der Waals surface area contributed by atoms with Crippen LogP contribution >= 0.6 is 0 Å². The minimum absolute atomic E-state index is 0.0260. The first-order valence-electron chi connectivity index (χ1n) is 6.61. The molecule has 0 fully saturated rings. The molecule has 4 nitrogen and oxygen atoms in total. The topological polar surface area (TPSA) is 72.2 Å². The molecule has 0 bridgehead atoms. The fraction of sp³-hybridized carbons (Fsp3) is 0.571. The largest absolute Gasteiger partial charge is 0.308 e. The first kappa shape index (κ1) is 14.5. The Bertz CT molecular complexity index is 552. The van der Waals surface area contributed by atoms with E-state index in [9.17, 15) is 8.42 Å². The molecule has 0 radical (unpaired) electrons. The van der Waals surface area contributed by atoms with Gasteiger partial charge in [-0.15, -0.1) is 0 Å². The molecule has 5 heteroatoms. The molecule has 1 aliphatic rings. The van der Waals surface area contributed by atoms with Gasteiger partial charge in [-0.25, -0.2) is 13.6 Å². The van der Waals surface area contributed by atoms with E-state index in [0.29, 0.717) is 6.54 Å². The summed E-state index contributed by atoms with van der Waals surface area (Å²) in [4.78, 5) is 0. The molecule has 0 heterocycles. The number of fused-ring (bicyclic) bond motifs is 1. The van der Waals surface area contributed by atoms with Gasteiger partial charge in [-0.3, -0.25) is 0 Å². The molecule has 0 aliphatic heterocycles. The predicted molar refractivity (Wildman–Crippen MR) is 77.3 cm³/mol. The van der Waals surface area contributed by atoms with Crippen molar-refractivity contribution in [1.82, 2.24) is 5.32 Å². The van der Waals surface area contributed by atoms with Gasteiger partial charge in [-0.05, 0) is 29.4 Å². The Hall–Kier alpha value is -0.910. The summed E-state index contributed by atoms with van der Waals surface area (Å²) in [5, 5.41) is 8.41. The number of hydrogen-bond donors (Lipinski definition) is 2. The van der Waals surface area contributed by atoms with Gasteiger partial charge in [0.15, 0.2) is 0 Å². The van der Waals surface area contributed by atoms with E-state index in [-0.39, 0.29) is 17.2 Å². The Morgan fingerprint density at radius 3 is 2.74 bits per heavy atom. The van der Waals surface area contributed by atoms with Crippen molar-refractivity contribution in [3.8, 4) is 0 Å². The highest BCUT2D eigenvalue weighted by molar-refractivity contribution is 7.89. The van der Waals surface area contributed by atoms with Crippen LogP contribution in [0.2, 0.25) is 0 Å². The molecule has 1 aliphatic carbocycles. The second kappa shape index (κ2) is 5.23. The fourth-order valence-electron chi connectivity index (χ4n) is 2.80. The monoisotopic (exact) mass is 282 g/mol. The van der Waals surface area contributed by atoms with Crippen molar-refractivity contribution < 1.29 is 8.42 Å². The van der Waals surface area contributed by atoms with E-state index in [1.165, 1.54) is 11.1 Å². The van der Waals surface area contributed by atoms with Crippen LogP contribution in [0.4, 0.5) is 0 Å². The van der Waals surface area contributed by atoms with Crippen LogP contribution in [0.3, 0.4) is 0 Å². The van der Waals surface area contributed by atoms with E-state index >= 15 is 0 Å². The maximum Gasteiger partial charge on any atom is 0.210 e. The molecule has 1 aromatic rings. The average molecular weight is 282 g/mol. The summed E-state index contributed by atoms with van der Waals surface area (Å²) in [5.41, 5.74) is 2.76. The van der Waals surface area contributed by atoms with Gasteiger partial charge in [0.05, 0.1) is 5.75 Å². The van der Waals surface area contributed by atoms with Crippen molar-refractivity contribution in [2.24, 2.45) is 10.6 Å². The Morgan fingerprint density at radius 1 is 1.37 bits per heavy atom. The minimum Gasteiger partial charge on any atom is -0.308 e. The molecular formula is C14H22N2O2S. The minimum atomic E-state index is -3.40. The van der Waals surface area contributed by atoms with Crippen molar-refractivity contribution in [2.75, 3.05) is 12.3 Å². The van der Waals surface area contributed by atoms with Crippen molar-refractivity contribution in [3.63, 3.8) is 0 Å². The van der Waals surface area contributed by atoms with Crippen LogP contribution in [0.15, 0.2) is 24.3 Å². The molecule has 106 valence electrons. The molecule has 0 aromatic heterocycles. The van der Waals surface area contributed by atoms with Gasteiger partial charge < -0.3 is 5.32 Å². The number of aryl methyl sites for hydroxylation is 1. The predicted octanol–water partition coefficient (Wildman–Crippen LogP) is 1.58. The van der Waals surface area contributed by atoms with Crippen LogP contribution in [-0.2, 0) is 16.4 Å². The quantitative estimate of drug-likeness (QED) is 0.880. The third-order valence-corrected chi connectivity index (χ3v) is 4.69. The van der Waals surface area contributed by atoms with E-state index in [0.717, 1.165) is 12.8 Å². The highest BCUT2D eigenvalue weighted by Gasteiger charge is 2.35. The zero-order chi connectivity index (χ0) is 14.1. The van der Waals surface area contributed by atoms with E-state index in [1.807, 2.05) is 6.07 Å². The summed E-state index contributed by atoms with van der Waals surface area (Å²) in [5.74, 6) is -0.0260. The summed E-state index contributed by atoms with van der Waals surface area (Å²) >= 11 is 0. The lowest BCUT2D eigenvalue weighted by Crippen LogP contribution is -2.40. The Kier molecular flexibility index (Phi) is 3.99. The van der Waals surface area contributed by atoms with E-state index in [4.69, 9.17) is 5.14 Å². The number of rotatable bonds is 4. The van der Waals surface area contributed by atoms with Gasteiger partial charge >= 0.3 is 0 Å². The number of sulfonamides is 1. The molecular weight excluding hydrogens is 260 g/mol. The first-order valence-corrected chi connectivity index (χ1v) is 8.33. The molecule has 1 aromatic carbocycles. The second-order valence-electron chi connectivity index (χ2n) is 5.94. The number of hydrogen-bond acceptors (Lipinski definition) is 3. The molecule has 1 atom stereocenters. The maximum atomic E-state index is 11.0. The second-order valence-corrected chi connectivity index (χ2v) is 7.68. The van der Waals surface area contributed by atoms with Crippen LogP contribution in [0.1, 0.15) is 37.4 Å². The van der Waals surface area contributed by atoms with Gasteiger partial charge in [0, 0.05) is 12.6 Å². The molecule has 3 N–H and O–H groups in total. The number of nitrogens with two attached hydrogens (primary N) is 1. The average Bonchev–Trinajstić information content (AvgIpc) is 2.30. The van der Waals surface area contributed by atoms with Crippen LogP contribution in [0.5, 0.6) is 0 Å².